The zero-order valence-electron chi connectivity index (χ0n) is 16.0. The normalized spacial score (nSPS) is 11.8. The van der Waals surface area contributed by atoms with Crippen LogP contribution in [0.15, 0.2) is 56.5 Å². The van der Waals surface area contributed by atoms with Crippen molar-refractivity contribution in [1.82, 2.24) is 9.88 Å². The van der Waals surface area contributed by atoms with Crippen molar-refractivity contribution in [3.63, 3.8) is 0 Å². The van der Waals surface area contributed by atoms with Crippen molar-refractivity contribution in [2.45, 2.75) is 31.7 Å². The fourth-order valence-corrected chi connectivity index (χ4v) is 3.47. The summed E-state index contributed by atoms with van der Waals surface area (Å²) in [5.41, 5.74) is 1.86. The monoisotopic (exact) mass is 415 g/mol. The van der Waals surface area contributed by atoms with Crippen LogP contribution in [-0.4, -0.2) is 19.5 Å². The van der Waals surface area contributed by atoms with Crippen LogP contribution in [0, 0.1) is 6.92 Å². The van der Waals surface area contributed by atoms with Crippen molar-refractivity contribution in [2.75, 3.05) is 5.32 Å². The minimum absolute atomic E-state index is 0.0775. The van der Waals surface area contributed by atoms with E-state index in [1.54, 1.807) is 50.3 Å². The highest BCUT2D eigenvalue weighted by Gasteiger charge is 2.15. The van der Waals surface area contributed by atoms with Crippen LogP contribution in [0.4, 0.5) is 5.69 Å². The number of carbonyl (C=O) groups excluding carboxylic acids is 1. The van der Waals surface area contributed by atoms with Crippen LogP contribution < -0.4 is 10.0 Å². The molecule has 0 saturated carbocycles. The van der Waals surface area contributed by atoms with Crippen molar-refractivity contribution in [1.29, 1.82) is 0 Å². The minimum atomic E-state index is -3.65. The summed E-state index contributed by atoms with van der Waals surface area (Å²) in [4.78, 5) is 11.8. The first-order valence-electron chi connectivity index (χ1n) is 8.95. The number of aromatic nitrogens is 1. The van der Waals surface area contributed by atoms with Gasteiger partial charge in [-0.25, -0.2) is 13.1 Å². The molecule has 0 spiro atoms. The van der Waals surface area contributed by atoms with Crippen molar-refractivity contribution >= 4 is 33.8 Å². The first-order chi connectivity index (χ1) is 13.9. The average Bonchev–Trinajstić information content (AvgIpc) is 3.36. The maximum Gasteiger partial charge on any atom is 0.240 e. The molecule has 0 aliphatic rings. The summed E-state index contributed by atoms with van der Waals surface area (Å²) in [6.07, 6.45) is 5.25. The van der Waals surface area contributed by atoms with E-state index in [0.29, 0.717) is 29.3 Å². The van der Waals surface area contributed by atoms with Gasteiger partial charge in [-0.15, -0.1) is 0 Å². The van der Waals surface area contributed by atoms with E-state index in [9.17, 15) is 13.2 Å². The molecule has 2 heterocycles. The standard InChI is InChI=1S/C20H21N3O5S/c1-3-19(24)22-20-14(2)23-28-18(20)11-8-15-6-9-17(10-7-15)29(25,26)21-13-16-5-4-12-27-16/h4-12,21H,3,13H2,1-2H3,(H,22,24). The predicted octanol–water partition coefficient (Wildman–Crippen LogP) is 3.57. The molecule has 0 saturated heterocycles. The van der Waals surface area contributed by atoms with Gasteiger partial charge in [-0.05, 0) is 42.8 Å². The molecule has 0 aliphatic heterocycles. The Balaban J connectivity index is 1.70. The molecular formula is C20H21N3O5S. The van der Waals surface area contributed by atoms with Gasteiger partial charge in [0.2, 0.25) is 15.9 Å². The summed E-state index contributed by atoms with van der Waals surface area (Å²) in [6, 6.07) is 9.75. The molecule has 152 valence electrons. The van der Waals surface area contributed by atoms with Crippen molar-refractivity contribution in [3.05, 3.63) is 65.4 Å². The van der Waals surface area contributed by atoms with Crippen LogP contribution in [0.3, 0.4) is 0 Å². The SMILES string of the molecule is CCC(=O)Nc1c(C)noc1C=Cc1ccc(S(=O)(=O)NCc2ccco2)cc1. The number of amides is 1. The highest BCUT2D eigenvalue weighted by molar-refractivity contribution is 7.89. The molecule has 9 heteroatoms. The summed E-state index contributed by atoms with van der Waals surface area (Å²) in [5.74, 6) is 0.810. The smallest absolute Gasteiger partial charge is 0.240 e. The second-order valence-corrected chi connectivity index (χ2v) is 7.98. The number of hydrogen-bond acceptors (Lipinski definition) is 6. The van der Waals surface area contributed by atoms with Crippen LogP contribution in [0.1, 0.15) is 36.1 Å². The van der Waals surface area contributed by atoms with Crippen LogP contribution in [0.25, 0.3) is 12.2 Å². The molecule has 29 heavy (non-hydrogen) atoms. The second kappa shape index (κ2) is 8.89. The number of nitrogens with zero attached hydrogens (tertiary/aromatic N) is 1. The third-order valence-electron chi connectivity index (χ3n) is 4.11. The summed E-state index contributed by atoms with van der Waals surface area (Å²) in [6.45, 7) is 3.57. The quantitative estimate of drug-likeness (QED) is 0.581. The van der Waals surface area contributed by atoms with Gasteiger partial charge in [-0.1, -0.05) is 30.3 Å². The van der Waals surface area contributed by atoms with Crippen LogP contribution in [0.5, 0.6) is 0 Å². The lowest BCUT2D eigenvalue weighted by atomic mass is 10.2. The van der Waals surface area contributed by atoms with Crippen LogP contribution in [-0.2, 0) is 21.4 Å². The van der Waals surface area contributed by atoms with Gasteiger partial charge in [0.15, 0.2) is 5.76 Å². The number of aryl methyl sites for hydroxylation is 1. The Morgan fingerprint density at radius 3 is 2.59 bits per heavy atom. The maximum absolute atomic E-state index is 12.4. The van der Waals surface area contributed by atoms with Gasteiger partial charge < -0.3 is 14.3 Å². The highest BCUT2D eigenvalue weighted by Crippen LogP contribution is 2.23. The molecule has 2 aromatic heterocycles. The van der Waals surface area contributed by atoms with Gasteiger partial charge in [0.05, 0.1) is 17.7 Å². The zero-order valence-corrected chi connectivity index (χ0v) is 16.8. The topological polar surface area (TPSA) is 114 Å². The molecule has 8 nitrogen and oxygen atoms in total. The maximum atomic E-state index is 12.4. The molecule has 2 N–H and O–H groups in total. The molecule has 3 rings (SSSR count). The molecule has 0 bridgehead atoms. The third-order valence-corrected chi connectivity index (χ3v) is 5.53. The van der Waals surface area contributed by atoms with Crippen molar-refractivity contribution in [2.24, 2.45) is 0 Å². The van der Waals surface area contributed by atoms with E-state index < -0.39 is 10.0 Å². The Morgan fingerprint density at radius 1 is 1.17 bits per heavy atom. The summed E-state index contributed by atoms with van der Waals surface area (Å²) in [5, 5.41) is 6.63. The zero-order chi connectivity index (χ0) is 20.9. The molecule has 0 radical (unpaired) electrons. The van der Waals surface area contributed by atoms with E-state index in [4.69, 9.17) is 8.94 Å². The Hall–Kier alpha value is -3.17. The molecule has 0 unspecified atom stereocenters. The third kappa shape index (κ3) is 5.21. The van der Waals surface area contributed by atoms with Gasteiger partial charge in [-0.2, -0.15) is 0 Å². The predicted molar refractivity (Wildman–Crippen MR) is 108 cm³/mol. The fraction of sp³-hybridized carbons (Fsp3) is 0.200. The summed E-state index contributed by atoms with van der Waals surface area (Å²) in [7, 11) is -3.65. The first kappa shape index (κ1) is 20.6. The molecular weight excluding hydrogens is 394 g/mol. The highest BCUT2D eigenvalue weighted by atomic mass is 32.2. The van der Waals surface area contributed by atoms with Gasteiger partial charge in [0.1, 0.15) is 17.1 Å². The minimum Gasteiger partial charge on any atom is -0.468 e. The number of rotatable bonds is 8. The summed E-state index contributed by atoms with van der Waals surface area (Å²) < 4.78 is 37.6. The number of anilines is 1. The average molecular weight is 415 g/mol. The van der Waals surface area contributed by atoms with Crippen LogP contribution in [0.2, 0.25) is 0 Å². The largest absolute Gasteiger partial charge is 0.468 e. The molecule has 0 atom stereocenters. The molecule has 0 aliphatic carbocycles. The molecule has 3 aromatic rings. The molecule has 0 fully saturated rings. The van der Waals surface area contributed by atoms with E-state index in [2.05, 4.69) is 15.2 Å². The number of carbonyl (C=O) groups is 1. The lowest BCUT2D eigenvalue weighted by Crippen LogP contribution is -2.22. The van der Waals surface area contributed by atoms with Gasteiger partial charge in [-0.3, -0.25) is 4.79 Å². The van der Waals surface area contributed by atoms with Gasteiger partial charge in [0.25, 0.3) is 0 Å². The van der Waals surface area contributed by atoms with Crippen molar-refractivity contribution in [3.8, 4) is 0 Å². The van der Waals surface area contributed by atoms with E-state index in [-0.39, 0.29) is 17.3 Å². The number of sulfonamides is 1. The van der Waals surface area contributed by atoms with E-state index in [1.165, 1.54) is 18.4 Å². The van der Waals surface area contributed by atoms with E-state index >= 15 is 0 Å². The molecule has 1 amide bonds. The number of benzene rings is 1. The first-order valence-corrected chi connectivity index (χ1v) is 10.4. The Morgan fingerprint density at radius 2 is 1.93 bits per heavy atom. The van der Waals surface area contributed by atoms with Gasteiger partial charge >= 0.3 is 0 Å². The second-order valence-electron chi connectivity index (χ2n) is 6.22. The summed E-state index contributed by atoms with van der Waals surface area (Å²) >= 11 is 0. The Bertz CT molecular complexity index is 1100. The van der Waals surface area contributed by atoms with Crippen molar-refractivity contribution < 1.29 is 22.2 Å². The number of hydrogen-bond donors (Lipinski definition) is 2. The number of nitrogens with one attached hydrogen (secondary N) is 2. The Kier molecular flexibility index (Phi) is 6.30. The molecule has 1 aromatic carbocycles. The lowest BCUT2D eigenvalue weighted by Gasteiger charge is -2.05. The van der Waals surface area contributed by atoms with E-state index in [0.717, 1.165) is 5.56 Å². The van der Waals surface area contributed by atoms with Gasteiger partial charge in [0, 0.05) is 6.42 Å². The fourth-order valence-electron chi connectivity index (χ4n) is 2.47. The number of furan rings is 1. The van der Waals surface area contributed by atoms with E-state index in [1.807, 2.05) is 0 Å². The Labute approximate surface area is 168 Å². The lowest BCUT2D eigenvalue weighted by molar-refractivity contribution is -0.115. The van der Waals surface area contributed by atoms with Crippen LogP contribution >= 0.6 is 0 Å².